The van der Waals surface area contributed by atoms with E-state index in [0.717, 1.165) is 27.9 Å². The van der Waals surface area contributed by atoms with Crippen molar-refractivity contribution >= 4 is 17.1 Å². The standard InChI is InChI=1S/C40H27N5/c1-3-11-27(12-4-1)37-42-38(28-13-5-2-6-14-28)44-39(43-37)29-21-19-26(20-22-29)30-23-24-32-33(25-30)31-15-7-9-17-35(31)45-36-18-10-8-16-34(36)41-40(32)45/h1-25,40-41H. The van der Waals surface area contributed by atoms with E-state index in [2.05, 4.69) is 101 Å². The Hall–Kier alpha value is -6.07. The molecule has 0 amide bonds. The van der Waals surface area contributed by atoms with Crippen molar-refractivity contribution in [2.24, 2.45) is 0 Å². The highest BCUT2D eigenvalue weighted by molar-refractivity contribution is 5.95. The SMILES string of the molecule is c1ccc(-c2nc(-c3ccccc3)nc(-c3ccc(-c4ccc5c(c4)-c4ccccc4N4c6ccccc6NC54)cc3)n2)cc1. The van der Waals surface area contributed by atoms with Gasteiger partial charge in [-0.1, -0.05) is 127 Å². The Bertz CT molecular complexity index is 2140. The van der Waals surface area contributed by atoms with Gasteiger partial charge < -0.3 is 10.2 Å². The van der Waals surface area contributed by atoms with Crippen LogP contribution >= 0.6 is 0 Å². The third kappa shape index (κ3) is 4.28. The van der Waals surface area contributed by atoms with Crippen molar-refractivity contribution in [1.29, 1.82) is 0 Å². The van der Waals surface area contributed by atoms with Gasteiger partial charge in [0, 0.05) is 27.8 Å². The van der Waals surface area contributed by atoms with Crippen molar-refractivity contribution in [2.75, 3.05) is 10.2 Å². The number of nitrogens with zero attached hydrogens (tertiary/aromatic N) is 4. The quantitative estimate of drug-likeness (QED) is 0.226. The van der Waals surface area contributed by atoms with Crippen molar-refractivity contribution in [1.82, 2.24) is 15.0 Å². The molecule has 6 aromatic carbocycles. The molecule has 1 unspecified atom stereocenters. The van der Waals surface area contributed by atoms with Crippen LogP contribution in [-0.2, 0) is 0 Å². The summed E-state index contributed by atoms with van der Waals surface area (Å²) in [5.74, 6) is 1.97. The highest BCUT2D eigenvalue weighted by Crippen LogP contribution is 2.54. The summed E-state index contributed by atoms with van der Waals surface area (Å²) in [6.45, 7) is 0. The molecule has 0 aliphatic carbocycles. The van der Waals surface area contributed by atoms with Crippen LogP contribution in [0.3, 0.4) is 0 Å². The van der Waals surface area contributed by atoms with E-state index < -0.39 is 0 Å². The summed E-state index contributed by atoms with van der Waals surface area (Å²) in [5, 5.41) is 3.76. The summed E-state index contributed by atoms with van der Waals surface area (Å²) < 4.78 is 0. The molecule has 7 aromatic rings. The first-order valence-corrected chi connectivity index (χ1v) is 15.2. The van der Waals surface area contributed by atoms with Gasteiger partial charge in [-0.25, -0.2) is 15.0 Å². The molecule has 2 aliphatic rings. The van der Waals surface area contributed by atoms with Crippen LogP contribution in [0.4, 0.5) is 17.1 Å². The Morgan fingerprint density at radius 2 is 0.933 bits per heavy atom. The predicted molar refractivity (Wildman–Crippen MR) is 182 cm³/mol. The number of nitrogens with one attached hydrogen (secondary N) is 1. The Kier molecular flexibility index (Phi) is 5.81. The number of fused-ring (bicyclic) bond motifs is 8. The molecule has 0 radical (unpaired) electrons. The van der Waals surface area contributed by atoms with Crippen molar-refractivity contribution in [3.63, 3.8) is 0 Å². The minimum atomic E-state index is 0.0604. The number of hydrogen-bond donors (Lipinski definition) is 1. The van der Waals surface area contributed by atoms with Crippen LogP contribution in [0.2, 0.25) is 0 Å². The van der Waals surface area contributed by atoms with E-state index in [1.54, 1.807) is 0 Å². The van der Waals surface area contributed by atoms with Crippen LogP contribution in [0, 0.1) is 0 Å². The molecule has 2 aliphatic heterocycles. The highest BCUT2D eigenvalue weighted by Gasteiger charge is 2.37. The third-order valence-electron chi connectivity index (χ3n) is 8.69. The van der Waals surface area contributed by atoms with Gasteiger partial charge in [0.05, 0.1) is 17.1 Å². The molecule has 0 fully saturated rings. The van der Waals surface area contributed by atoms with Gasteiger partial charge in [-0.3, -0.25) is 0 Å². The van der Waals surface area contributed by atoms with Gasteiger partial charge in [-0.2, -0.15) is 0 Å². The third-order valence-corrected chi connectivity index (χ3v) is 8.69. The van der Waals surface area contributed by atoms with Crippen LogP contribution in [0.15, 0.2) is 152 Å². The van der Waals surface area contributed by atoms with E-state index in [4.69, 9.17) is 15.0 Å². The monoisotopic (exact) mass is 577 g/mol. The maximum atomic E-state index is 4.90. The maximum Gasteiger partial charge on any atom is 0.164 e. The Labute approximate surface area is 261 Å². The molecule has 5 nitrogen and oxygen atoms in total. The summed E-state index contributed by atoms with van der Waals surface area (Å²) in [5.41, 5.74) is 12.6. The first kappa shape index (κ1) is 25.4. The number of aromatic nitrogens is 3. The molecule has 0 bridgehead atoms. The topological polar surface area (TPSA) is 53.9 Å². The molecule has 0 spiro atoms. The molecular formula is C40H27N5. The van der Waals surface area contributed by atoms with Gasteiger partial charge in [0.1, 0.15) is 6.17 Å². The van der Waals surface area contributed by atoms with Crippen LogP contribution < -0.4 is 10.2 Å². The Morgan fingerprint density at radius 3 is 1.60 bits per heavy atom. The zero-order valence-corrected chi connectivity index (χ0v) is 24.3. The first-order chi connectivity index (χ1) is 22.3. The van der Waals surface area contributed by atoms with Gasteiger partial charge in [0.25, 0.3) is 0 Å². The summed E-state index contributed by atoms with van der Waals surface area (Å²) in [7, 11) is 0. The van der Waals surface area contributed by atoms with E-state index in [-0.39, 0.29) is 6.17 Å². The fourth-order valence-electron chi connectivity index (χ4n) is 6.51. The number of hydrogen-bond acceptors (Lipinski definition) is 5. The lowest BCUT2D eigenvalue weighted by Gasteiger charge is -2.35. The van der Waals surface area contributed by atoms with Gasteiger partial charge in [0.15, 0.2) is 17.5 Å². The summed E-state index contributed by atoms with van der Waals surface area (Å²) in [6, 6.07) is 52.8. The van der Waals surface area contributed by atoms with Crippen molar-refractivity contribution in [3.05, 3.63) is 157 Å². The summed E-state index contributed by atoms with van der Waals surface area (Å²) in [6.07, 6.45) is 0.0604. The van der Waals surface area contributed by atoms with Crippen LogP contribution in [-0.4, -0.2) is 15.0 Å². The number of anilines is 3. The number of rotatable bonds is 4. The second-order valence-corrected chi connectivity index (χ2v) is 11.4. The number of para-hydroxylation sites is 3. The normalized spacial score (nSPS) is 14.1. The molecule has 1 N–H and O–H groups in total. The lowest BCUT2D eigenvalue weighted by molar-refractivity contribution is 0.819. The zero-order chi connectivity index (χ0) is 29.7. The van der Waals surface area contributed by atoms with E-state index in [9.17, 15) is 0 Å². The second kappa shape index (κ2) is 10.3. The molecule has 212 valence electrons. The van der Waals surface area contributed by atoms with E-state index in [1.807, 2.05) is 60.7 Å². The predicted octanol–water partition coefficient (Wildman–Crippen LogP) is 9.78. The van der Waals surface area contributed by atoms with Crippen molar-refractivity contribution < 1.29 is 0 Å². The molecule has 9 rings (SSSR count). The van der Waals surface area contributed by atoms with Gasteiger partial charge in [0.2, 0.25) is 0 Å². The zero-order valence-electron chi connectivity index (χ0n) is 24.3. The van der Waals surface area contributed by atoms with Gasteiger partial charge in [-0.05, 0) is 41.0 Å². The van der Waals surface area contributed by atoms with Gasteiger partial charge in [-0.15, -0.1) is 0 Å². The van der Waals surface area contributed by atoms with Gasteiger partial charge >= 0.3 is 0 Å². The molecule has 1 atom stereocenters. The van der Waals surface area contributed by atoms with E-state index >= 15 is 0 Å². The molecule has 45 heavy (non-hydrogen) atoms. The van der Waals surface area contributed by atoms with E-state index in [1.165, 1.54) is 33.6 Å². The van der Waals surface area contributed by atoms with Crippen molar-refractivity contribution in [2.45, 2.75) is 6.17 Å². The molecule has 3 heterocycles. The average molecular weight is 578 g/mol. The first-order valence-electron chi connectivity index (χ1n) is 15.2. The smallest absolute Gasteiger partial charge is 0.164 e. The molecule has 1 aromatic heterocycles. The van der Waals surface area contributed by atoms with Crippen molar-refractivity contribution in [3.8, 4) is 56.4 Å². The summed E-state index contributed by atoms with van der Waals surface area (Å²) >= 11 is 0. The summed E-state index contributed by atoms with van der Waals surface area (Å²) in [4.78, 5) is 17.0. The minimum Gasteiger partial charge on any atom is -0.359 e. The molecule has 5 heteroatoms. The lowest BCUT2D eigenvalue weighted by atomic mass is 9.88. The van der Waals surface area contributed by atoms with E-state index in [0.29, 0.717) is 17.5 Å². The maximum absolute atomic E-state index is 4.90. The molecule has 0 saturated heterocycles. The fourth-order valence-corrected chi connectivity index (χ4v) is 6.51. The minimum absolute atomic E-state index is 0.0604. The molecule has 0 saturated carbocycles. The van der Waals surface area contributed by atoms with Crippen LogP contribution in [0.5, 0.6) is 0 Å². The Morgan fingerprint density at radius 1 is 0.422 bits per heavy atom. The Balaban J connectivity index is 1.10. The number of benzene rings is 6. The lowest BCUT2D eigenvalue weighted by Crippen LogP contribution is -2.27. The van der Waals surface area contributed by atoms with Crippen LogP contribution in [0.1, 0.15) is 11.7 Å². The average Bonchev–Trinajstić information content (AvgIpc) is 3.52. The molecular weight excluding hydrogens is 550 g/mol. The van der Waals surface area contributed by atoms with Crippen LogP contribution in [0.25, 0.3) is 56.4 Å². The largest absolute Gasteiger partial charge is 0.359 e. The highest BCUT2D eigenvalue weighted by atomic mass is 15.3. The fraction of sp³-hybridized carbons (Fsp3) is 0.0250. The second-order valence-electron chi connectivity index (χ2n) is 11.4.